The van der Waals surface area contributed by atoms with Crippen LogP contribution in [0.5, 0.6) is 0 Å². The van der Waals surface area contributed by atoms with Gasteiger partial charge in [-0.15, -0.1) is 0 Å². The summed E-state index contributed by atoms with van der Waals surface area (Å²) in [6.07, 6.45) is -1.40. The molecular weight excluding hydrogens is 551 g/mol. The van der Waals surface area contributed by atoms with Crippen molar-refractivity contribution in [2.75, 3.05) is 14.2 Å². The minimum Gasteiger partial charge on any atom is -0.402 e. The molecule has 2 N–H and O–H groups in total. The molecule has 0 radical (unpaired) electrons. The lowest BCUT2D eigenvalue weighted by Crippen LogP contribution is -2.68. The molecule has 2 heterocycles. The second-order valence-electron chi connectivity index (χ2n) is 10.9. The van der Waals surface area contributed by atoms with Crippen molar-refractivity contribution >= 4 is 26.3 Å². The summed E-state index contributed by atoms with van der Waals surface area (Å²) < 4.78 is 38.3. The van der Waals surface area contributed by atoms with Crippen LogP contribution in [0.4, 0.5) is 0 Å². The Morgan fingerprint density at radius 1 is 1.02 bits per heavy atom. The van der Waals surface area contributed by atoms with E-state index in [4.69, 9.17) is 18.2 Å². The van der Waals surface area contributed by atoms with Gasteiger partial charge >= 0.3 is 13.3 Å². The Balaban J connectivity index is 1.89. The summed E-state index contributed by atoms with van der Waals surface area (Å²) in [7, 11) is -4.81. The standard InChI is InChI=1S/C28H37N2O8PSi/c1-19-18-30(27(33)29-25(19)31)23-17-22(24(37-23)26(32)39(34,35-5)36-6)38-40(28(2,3)4,20-13-9-7-10-14-20)21-15-11-8-12-16-21/h7-16,18,22-24,26,32H,17H2,1-6H3,(H,29,31,33)/t22-,23+,24-,26-/m0/s1. The molecule has 4 rings (SSSR count). The van der Waals surface area contributed by atoms with Crippen molar-refractivity contribution < 1.29 is 27.9 Å². The van der Waals surface area contributed by atoms with Crippen molar-refractivity contribution in [3.8, 4) is 0 Å². The third-order valence-corrected chi connectivity index (χ3v) is 14.5. The Morgan fingerprint density at radius 3 is 2.02 bits per heavy atom. The Hall–Kier alpha value is -2.63. The van der Waals surface area contributed by atoms with Crippen molar-refractivity contribution in [2.45, 2.75) is 63.4 Å². The van der Waals surface area contributed by atoms with E-state index in [-0.39, 0.29) is 6.42 Å². The number of aryl methyl sites for hydroxylation is 1. The fourth-order valence-corrected chi connectivity index (χ4v) is 11.3. The van der Waals surface area contributed by atoms with Crippen molar-refractivity contribution in [1.29, 1.82) is 0 Å². The van der Waals surface area contributed by atoms with Crippen molar-refractivity contribution in [2.24, 2.45) is 0 Å². The number of hydrogen-bond donors (Lipinski definition) is 2. The summed E-state index contributed by atoms with van der Waals surface area (Å²) >= 11 is 0. The van der Waals surface area contributed by atoms with E-state index in [1.165, 1.54) is 25.0 Å². The molecule has 12 heteroatoms. The average Bonchev–Trinajstić information content (AvgIpc) is 3.36. The van der Waals surface area contributed by atoms with E-state index >= 15 is 0 Å². The van der Waals surface area contributed by atoms with Gasteiger partial charge in [-0.05, 0) is 22.3 Å². The van der Waals surface area contributed by atoms with E-state index in [2.05, 4.69) is 25.8 Å². The van der Waals surface area contributed by atoms with Crippen LogP contribution in [-0.2, 0) is 22.8 Å². The van der Waals surface area contributed by atoms with Crippen LogP contribution >= 0.6 is 7.60 Å². The predicted octanol–water partition coefficient (Wildman–Crippen LogP) is 2.88. The first-order valence-corrected chi connectivity index (χ1v) is 16.6. The Morgan fingerprint density at radius 2 is 1.55 bits per heavy atom. The molecular formula is C28H37N2O8PSi. The normalized spacial score (nSPS) is 20.9. The second-order valence-corrected chi connectivity index (χ2v) is 17.5. The number of ether oxygens (including phenoxy) is 1. The van der Waals surface area contributed by atoms with Gasteiger partial charge < -0.3 is 23.3 Å². The summed E-state index contributed by atoms with van der Waals surface area (Å²) in [4.78, 5) is 27.1. The van der Waals surface area contributed by atoms with Gasteiger partial charge in [0.25, 0.3) is 13.9 Å². The third kappa shape index (κ3) is 5.47. The third-order valence-electron chi connectivity index (χ3n) is 7.44. The molecule has 0 spiro atoms. The van der Waals surface area contributed by atoms with Gasteiger partial charge in [0, 0.05) is 32.4 Å². The summed E-state index contributed by atoms with van der Waals surface area (Å²) in [6.45, 7) is 7.92. The molecule has 216 valence electrons. The summed E-state index contributed by atoms with van der Waals surface area (Å²) in [6, 6.07) is 19.9. The fourth-order valence-electron chi connectivity index (χ4n) is 5.40. The van der Waals surface area contributed by atoms with E-state index in [9.17, 15) is 19.3 Å². The van der Waals surface area contributed by atoms with E-state index in [1.54, 1.807) is 6.92 Å². The summed E-state index contributed by atoms with van der Waals surface area (Å²) in [5, 5.41) is 13.0. The Bertz CT molecular complexity index is 1420. The van der Waals surface area contributed by atoms with E-state index in [0.29, 0.717) is 5.56 Å². The zero-order valence-electron chi connectivity index (χ0n) is 23.6. The molecule has 0 unspecified atom stereocenters. The molecule has 0 bridgehead atoms. The minimum absolute atomic E-state index is 0.130. The average molecular weight is 589 g/mol. The van der Waals surface area contributed by atoms with Crippen molar-refractivity contribution in [3.63, 3.8) is 0 Å². The van der Waals surface area contributed by atoms with Crippen LogP contribution in [0.25, 0.3) is 0 Å². The monoisotopic (exact) mass is 588 g/mol. The first-order chi connectivity index (χ1) is 18.9. The van der Waals surface area contributed by atoms with E-state index in [0.717, 1.165) is 10.4 Å². The molecule has 10 nitrogen and oxygen atoms in total. The molecule has 1 aliphatic rings. The molecule has 1 aromatic heterocycles. The predicted molar refractivity (Wildman–Crippen MR) is 155 cm³/mol. The second kappa shape index (κ2) is 11.7. The number of aromatic amines is 1. The molecule has 40 heavy (non-hydrogen) atoms. The summed E-state index contributed by atoms with van der Waals surface area (Å²) in [5.74, 6) is -1.71. The van der Waals surface area contributed by atoms with Crippen LogP contribution < -0.4 is 21.6 Å². The van der Waals surface area contributed by atoms with Gasteiger partial charge in [0.2, 0.25) is 0 Å². The largest absolute Gasteiger partial charge is 0.402 e. The molecule has 0 amide bonds. The Kier molecular flexibility index (Phi) is 8.87. The first kappa shape index (κ1) is 30.3. The molecule has 4 atom stereocenters. The van der Waals surface area contributed by atoms with Gasteiger partial charge in [0.1, 0.15) is 12.3 Å². The lowest BCUT2D eigenvalue weighted by Gasteiger charge is -2.45. The number of nitrogens with zero attached hydrogens (tertiary/aromatic N) is 1. The maximum atomic E-state index is 13.4. The lowest BCUT2D eigenvalue weighted by atomic mass is 10.2. The minimum atomic E-state index is -4.04. The number of aliphatic hydroxyl groups excluding tert-OH is 1. The maximum absolute atomic E-state index is 13.4. The number of benzene rings is 2. The molecule has 3 aromatic rings. The lowest BCUT2D eigenvalue weighted by molar-refractivity contribution is -0.0634. The molecule has 0 aliphatic carbocycles. The van der Waals surface area contributed by atoms with E-state index in [1.807, 2.05) is 60.7 Å². The van der Waals surface area contributed by atoms with Gasteiger partial charge in [-0.2, -0.15) is 0 Å². The van der Waals surface area contributed by atoms with Crippen LogP contribution in [0.1, 0.15) is 39.0 Å². The number of H-pyrrole nitrogens is 1. The highest BCUT2D eigenvalue weighted by molar-refractivity contribution is 7.54. The number of aromatic nitrogens is 2. The van der Waals surface area contributed by atoms with Crippen molar-refractivity contribution in [1.82, 2.24) is 9.55 Å². The highest BCUT2D eigenvalue weighted by Crippen LogP contribution is 2.55. The zero-order chi connectivity index (χ0) is 29.3. The summed E-state index contributed by atoms with van der Waals surface area (Å²) in [5.41, 5.74) is -0.850. The van der Waals surface area contributed by atoms with Gasteiger partial charge in [-0.3, -0.25) is 18.9 Å². The fraction of sp³-hybridized carbons (Fsp3) is 0.429. The molecule has 1 saturated heterocycles. The number of nitrogens with one attached hydrogen (secondary N) is 1. The van der Waals surface area contributed by atoms with Gasteiger partial charge in [0.15, 0.2) is 5.85 Å². The highest BCUT2D eigenvalue weighted by Gasteiger charge is 2.56. The topological polar surface area (TPSA) is 129 Å². The number of rotatable bonds is 9. The van der Waals surface area contributed by atoms with E-state index < -0.39 is 56.5 Å². The quantitative estimate of drug-likeness (QED) is 0.289. The van der Waals surface area contributed by atoms with Gasteiger partial charge in [-0.25, -0.2) is 4.79 Å². The van der Waals surface area contributed by atoms with Crippen LogP contribution in [0.3, 0.4) is 0 Å². The number of hydrogen-bond acceptors (Lipinski definition) is 8. The smallest absolute Gasteiger partial charge is 0.361 e. The highest BCUT2D eigenvalue weighted by atomic mass is 31.2. The van der Waals surface area contributed by atoms with Gasteiger partial charge in [0.05, 0.1) is 6.10 Å². The number of aliphatic hydroxyl groups is 1. The SMILES string of the molecule is COP(=O)(OC)[C@H](O)[C@H]1O[C@@H](n2cc(C)c(=O)[nH]c2=O)C[C@@H]1O[Si](c1ccccc1)(c1ccccc1)C(C)(C)C. The first-order valence-electron chi connectivity index (χ1n) is 13.0. The van der Waals surface area contributed by atoms with Crippen molar-refractivity contribution in [3.05, 3.63) is 93.3 Å². The van der Waals surface area contributed by atoms with Crippen LogP contribution in [0.2, 0.25) is 5.04 Å². The molecule has 2 aromatic carbocycles. The Labute approximate surface area is 234 Å². The molecule has 1 fully saturated rings. The van der Waals surface area contributed by atoms with Crippen LogP contribution in [0.15, 0.2) is 76.4 Å². The zero-order valence-corrected chi connectivity index (χ0v) is 25.5. The molecule has 0 saturated carbocycles. The molecule has 1 aliphatic heterocycles. The maximum Gasteiger partial charge on any atom is 0.361 e. The van der Waals surface area contributed by atoms with Crippen LogP contribution in [0, 0.1) is 6.92 Å². The van der Waals surface area contributed by atoms with Crippen LogP contribution in [-0.4, -0.2) is 55.2 Å². The van der Waals surface area contributed by atoms with Gasteiger partial charge in [-0.1, -0.05) is 81.4 Å².